The van der Waals surface area contributed by atoms with Gasteiger partial charge in [-0.1, -0.05) is 25.7 Å². The molecule has 17 heavy (non-hydrogen) atoms. The number of rotatable bonds is 5. The molecule has 0 bridgehead atoms. The number of carbonyl (C=O) groups excluding carboxylic acids is 1. The first-order valence-electron chi connectivity index (χ1n) is 6.66. The van der Waals surface area contributed by atoms with Gasteiger partial charge in [-0.05, 0) is 32.7 Å². The molecule has 1 aliphatic carbocycles. The molecule has 1 atom stereocenters. The van der Waals surface area contributed by atoms with Crippen LogP contribution in [0.1, 0.15) is 51.9 Å². The van der Waals surface area contributed by atoms with Crippen LogP contribution in [-0.4, -0.2) is 25.5 Å². The smallest absolute Gasteiger partial charge is 0.220 e. The Balaban J connectivity index is 0.00000256. The number of hydrogen-bond acceptors (Lipinski definition) is 2. The number of likely N-dealkylation sites (N-methyl/N-ethyl adjacent to an activating group) is 1. The lowest BCUT2D eigenvalue weighted by Crippen LogP contribution is -2.37. The summed E-state index contributed by atoms with van der Waals surface area (Å²) in [5.74, 6) is 0.862. The molecule has 4 heteroatoms. The molecule has 102 valence electrons. The van der Waals surface area contributed by atoms with E-state index < -0.39 is 0 Å². The molecule has 0 spiro atoms. The lowest BCUT2D eigenvalue weighted by Gasteiger charge is -2.15. The molecule has 0 aromatic rings. The van der Waals surface area contributed by atoms with Crippen molar-refractivity contribution in [3.05, 3.63) is 0 Å². The Labute approximate surface area is 112 Å². The third kappa shape index (κ3) is 7.61. The summed E-state index contributed by atoms with van der Waals surface area (Å²) < 4.78 is 0. The van der Waals surface area contributed by atoms with Crippen LogP contribution in [0, 0.1) is 5.92 Å². The van der Waals surface area contributed by atoms with Crippen molar-refractivity contribution in [3.63, 3.8) is 0 Å². The minimum Gasteiger partial charge on any atom is -0.355 e. The third-order valence-electron chi connectivity index (χ3n) is 3.55. The summed E-state index contributed by atoms with van der Waals surface area (Å²) >= 11 is 0. The fourth-order valence-electron chi connectivity index (χ4n) is 2.27. The first-order chi connectivity index (χ1) is 7.72. The average Bonchev–Trinajstić information content (AvgIpc) is 2.54. The van der Waals surface area contributed by atoms with Crippen molar-refractivity contribution in [2.45, 2.75) is 57.9 Å². The first kappa shape index (κ1) is 16.7. The standard InChI is InChI=1S/C13H26N2O.ClH/c1-11(14-2)10-15-13(16)9-12-7-5-3-4-6-8-12;/h11-12,14H,3-10H2,1-2H3,(H,15,16);1H. The van der Waals surface area contributed by atoms with Gasteiger partial charge in [-0.2, -0.15) is 0 Å². The summed E-state index contributed by atoms with van der Waals surface area (Å²) in [6, 6.07) is 0.359. The largest absolute Gasteiger partial charge is 0.355 e. The molecule has 1 amide bonds. The van der Waals surface area contributed by atoms with Crippen LogP contribution in [-0.2, 0) is 4.79 Å². The van der Waals surface area contributed by atoms with Crippen molar-refractivity contribution in [3.8, 4) is 0 Å². The van der Waals surface area contributed by atoms with E-state index in [1.165, 1.54) is 38.5 Å². The minimum atomic E-state index is 0. The fraction of sp³-hybridized carbons (Fsp3) is 0.923. The van der Waals surface area contributed by atoms with Gasteiger partial charge in [-0.25, -0.2) is 0 Å². The van der Waals surface area contributed by atoms with Crippen LogP contribution in [0.25, 0.3) is 0 Å². The van der Waals surface area contributed by atoms with Crippen LogP contribution in [0.2, 0.25) is 0 Å². The lowest BCUT2D eigenvalue weighted by atomic mass is 9.96. The molecule has 1 fully saturated rings. The summed E-state index contributed by atoms with van der Waals surface area (Å²) in [4.78, 5) is 11.7. The van der Waals surface area contributed by atoms with E-state index >= 15 is 0 Å². The van der Waals surface area contributed by atoms with Gasteiger partial charge < -0.3 is 10.6 Å². The van der Waals surface area contributed by atoms with Crippen LogP contribution in [0.5, 0.6) is 0 Å². The highest BCUT2D eigenvalue weighted by Crippen LogP contribution is 2.25. The van der Waals surface area contributed by atoms with Gasteiger partial charge in [0, 0.05) is 19.0 Å². The summed E-state index contributed by atoms with van der Waals surface area (Å²) in [6.45, 7) is 2.81. The van der Waals surface area contributed by atoms with E-state index in [1.54, 1.807) is 0 Å². The van der Waals surface area contributed by atoms with E-state index in [0.717, 1.165) is 13.0 Å². The highest BCUT2D eigenvalue weighted by molar-refractivity contribution is 5.85. The van der Waals surface area contributed by atoms with Crippen molar-refractivity contribution < 1.29 is 4.79 Å². The summed E-state index contributed by atoms with van der Waals surface area (Å²) in [7, 11) is 1.92. The fourth-order valence-corrected chi connectivity index (χ4v) is 2.27. The SMILES string of the molecule is CNC(C)CNC(=O)CC1CCCCCC1.Cl. The maximum Gasteiger partial charge on any atom is 0.220 e. The predicted molar refractivity (Wildman–Crippen MR) is 74.6 cm³/mol. The van der Waals surface area contributed by atoms with E-state index in [2.05, 4.69) is 17.6 Å². The number of nitrogens with one attached hydrogen (secondary N) is 2. The zero-order valence-electron chi connectivity index (χ0n) is 11.1. The second kappa shape index (κ2) is 9.72. The molecular weight excluding hydrogens is 236 g/mol. The van der Waals surface area contributed by atoms with Gasteiger partial charge in [0.05, 0.1) is 0 Å². The molecule has 0 aliphatic heterocycles. The number of halogens is 1. The number of carbonyl (C=O) groups is 1. The van der Waals surface area contributed by atoms with Gasteiger partial charge in [0.15, 0.2) is 0 Å². The Kier molecular flexibility index (Phi) is 9.56. The normalized spacial score (nSPS) is 18.9. The van der Waals surface area contributed by atoms with Gasteiger partial charge >= 0.3 is 0 Å². The first-order valence-corrected chi connectivity index (χ1v) is 6.66. The Morgan fingerprint density at radius 3 is 2.35 bits per heavy atom. The van der Waals surface area contributed by atoms with Crippen LogP contribution < -0.4 is 10.6 Å². The Morgan fingerprint density at radius 1 is 1.24 bits per heavy atom. The molecule has 3 nitrogen and oxygen atoms in total. The van der Waals surface area contributed by atoms with Crippen LogP contribution >= 0.6 is 12.4 Å². The van der Waals surface area contributed by atoms with Crippen molar-refractivity contribution in [2.24, 2.45) is 5.92 Å². The molecule has 0 heterocycles. The molecule has 1 aliphatic rings. The average molecular weight is 263 g/mol. The van der Waals surface area contributed by atoms with Gasteiger partial charge in [-0.15, -0.1) is 12.4 Å². The molecule has 0 aromatic carbocycles. The second-order valence-corrected chi connectivity index (χ2v) is 5.06. The molecule has 2 N–H and O–H groups in total. The Hall–Kier alpha value is -0.280. The van der Waals surface area contributed by atoms with Crippen molar-refractivity contribution in [2.75, 3.05) is 13.6 Å². The number of hydrogen-bond donors (Lipinski definition) is 2. The zero-order valence-corrected chi connectivity index (χ0v) is 11.9. The maximum absolute atomic E-state index is 11.7. The van der Waals surface area contributed by atoms with Crippen molar-refractivity contribution >= 4 is 18.3 Å². The molecule has 0 aromatic heterocycles. The molecule has 0 radical (unpaired) electrons. The molecule has 1 saturated carbocycles. The topological polar surface area (TPSA) is 41.1 Å². The maximum atomic E-state index is 11.7. The molecule has 0 saturated heterocycles. The highest BCUT2D eigenvalue weighted by Gasteiger charge is 2.15. The van der Waals surface area contributed by atoms with Gasteiger partial charge in [0.1, 0.15) is 0 Å². The van der Waals surface area contributed by atoms with Gasteiger partial charge in [0.2, 0.25) is 5.91 Å². The highest BCUT2D eigenvalue weighted by atomic mass is 35.5. The predicted octanol–water partition coefficient (Wildman–Crippen LogP) is 2.49. The minimum absolute atomic E-state index is 0. The Bertz CT molecular complexity index is 204. The van der Waals surface area contributed by atoms with Gasteiger partial charge in [0.25, 0.3) is 0 Å². The summed E-state index contributed by atoms with van der Waals surface area (Å²) in [6.07, 6.45) is 8.56. The van der Waals surface area contributed by atoms with E-state index in [-0.39, 0.29) is 18.3 Å². The van der Waals surface area contributed by atoms with Crippen molar-refractivity contribution in [1.29, 1.82) is 0 Å². The molecule has 1 rings (SSSR count). The second-order valence-electron chi connectivity index (χ2n) is 5.06. The van der Waals surface area contributed by atoms with E-state index in [9.17, 15) is 4.79 Å². The third-order valence-corrected chi connectivity index (χ3v) is 3.55. The van der Waals surface area contributed by atoms with E-state index in [4.69, 9.17) is 0 Å². The summed E-state index contributed by atoms with van der Waals surface area (Å²) in [5, 5.41) is 6.12. The van der Waals surface area contributed by atoms with Gasteiger partial charge in [-0.3, -0.25) is 4.79 Å². The molecule has 1 unspecified atom stereocenters. The van der Waals surface area contributed by atoms with Crippen molar-refractivity contribution in [1.82, 2.24) is 10.6 Å². The monoisotopic (exact) mass is 262 g/mol. The molecular formula is C13H27ClN2O. The number of amides is 1. The summed E-state index contributed by atoms with van der Waals surface area (Å²) in [5.41, 5.74) is 0. The lowest BCUT2D eigenvalue weighted by molar-refractivity contribution is -0.122. The van der Waals surface area contributed by atoms with E-state index in [1.807, 2.05) is 7.05 Å². The zero-order chi connectivity index (χ0) is 11.8. The quantitative estimate of drug-likeness (QED) is 0.748. The van der Waals surface area contributed by atoms with Crippen LogP contribution in [0.4, 0.5) is 0 Å². The Morgan fingerprint density at radius 2 is 1.82 bits per heavy atom. The van der Waals surface area contributed by atoms with Crippen LogP contribution in [0.15, 0.2) is 0 Å². The van der Waals surface area contributed by atoms with Crippen LogP contribution in [0.3, 0.4) is 0 Å². The van der Waals surface area contributed by atoms with E-state index in [0.29, 0.717) is 12.0 Å².